The minimum absolute atomic E-state index is 0.0812. The van der Waals surface area contributed by atoms with E-state index in [9.17, 15) is 4.79 Å². The second kappa shape index (κ2) is 5.21. The van der Waals surface area contributed by atoms with Gasteiger partial charge in [0.1, 0.15) is 0 Å². The summed E-state index contributed by atoms with van der Waals surface area (Å²) in [6, 6.07) is 7.31. The van der Waals surface area contributed by atoms with Crippen molar-refractivity contribution in [3.8, 4) is 0 Å². The number of hydrogen-bond donors (Lipinski definition) is 1. The molecule has 1 aliphatic rings. The lowest BCUT2D eigenvalue weighted by Gasteiger charge is -2.31. The van der Waals surface area contributed by atoms with E-state index in [2.05, 4.69) is 6.92 Å². The minimum atomic E-state index is 0.0812. The molecule has 1 aromatic carbocycles. The summed E-state index contributed by atoms with van der Waals surface area (Å²) in [6.45, 7) is 3.95. The number of likely N-dealkylation sites (tertiary alicyclic amines) is 1. The highest BCUT2D eigenvalue weighted by Crippen LogP contribution is 2.22. The molecule has 0 spiro atoms. The van der Waals surface area contributed by atoms with Crippen LogP contribution in [0.15, 0.2) is 24.3 Å². The summed E-state index contributed by atoms with van der Waals surface area (Å²) in [6.07, 6.45) is 3.46. The van der Waals surface area contributed by atoms with Crippen LogP contribution < -0.4 is 5.73 Å². The minimum Gasteiger partial charge on any atom is -0.398 e. The summed E-state index contributed by atoms with van der Waals surface area (Å²) < 4.78 is 0. The lowest BCUT2D eigenvalue weighted by molar-refractivity contribution is 0.0690. The average molecular weight is 232 g/mol. The van der Waals surface area contributed by atoms with Gasteiger partial charge in [-0.25, -0.2) is 0 Å². The standard InChI is InChI=1S/C14H20N2O/c1-2-11-7-9-16(10-8-11)14(17)12-5-3-4-6-13(12)15/h3-6,11H,2,7-10,15H2,1H3. The van der Waals surface area contributed by atoms with E-state index in [1.165, 1.54) is 6.42 Å². The number of para-hydroxylation sites is 1. The number of nitrogens with two attached hydrogens (primary N) is 1. The number of nitrogen functional groups attached to an aromatic ring is 1. The van der Waals surface area contributed by atoms with E-state index in [0.29, 0.717) is 11.3 Å². The van der Waals surface area contributed by atoms with Gasteiger partial charge in [0.2, 0.25) is 0 Å². The molecular formula is C14H20N2O. The maximum absolute atomic E-state index is 12.3. The van der Waals surface area contributed by atoms with Gasteiger partial charge in [-0.05, 0) is 30.9 Å². The molecule has 1 heterocycles. The number of anilines is 1. The van der Waals surface area contributed by atoms with Gasteiger partial charge in [-0.3, -0.25) is 4.79 Å². The lowest BCUT2D eigenvalue weighted by atomic mass is 9.94. The van der Waals surface area contributed by atoms with Crippen molar-refractivity contribution in [1.82, 2.24) is 4.90 Å². The first kappa shape index (κ1) is 12.0. The molecule has 1 aliphatic heterocycles. The average Bonchev–Trinajstić information content (AvgIpc) is 2.39. The van der Waals surface area contributed by atoms with Crippen LogP contribution >= 0.6 is 0 Å². The van der Waals surface area contributed by atoms with Gasteiger partial charge in [-0.2, -0.15) is 0 Å². The number of hydrogen-bond acceptors (Lipinski definition) is 2. The Hall–Kier alpha value is -1.51. The molecular weight excluding hydrogens is 212 g/mol. The van der Waals surface area contributed by atoms with E-state index < -0.39 is 0 Å². The zero-order valence-corrected chi connectivity index (χ0v) is 10.4. The van der Waals surface area contributed by atoms with Gasteiger partial charge in [-0.1, -0.05) is 25.5 Å². The van der Waals surface area contributed by atoms with E-state index in [-0.39, 0.29) is 5.91 Å². The van der Waals surface area contributed by atoms with Crippen LogP contribution in [-0.2, 0) is 0 Å². The Morgan fingerprint density at radius 3 is 2.59 bits per heavy atom. The van der Waals surface area contributed by atoms with E-state index in [1.807, 2.05) is 23.1 Å². The Balaban J connectivity index is 2.04. The van der Waals surface area contributed by atoms with Crippen molar-refractivity contribution >= 4 is 11.6 Å². The number of piperidine rings is 1. The summed E-state index contributed by atoms with van der Waals surface area (Å²) in [4.78, 5) is 14.2. The molecule has 1 saturated heterocycles. The highest BCUT2D eigenvalue weighted by Gasteiger charge is 2.23. The molecule has 0 saturated carbocycles. The number of carbonyl (C=O) groups is 1. The van der Waals surface area contributed by atoms with Gasteiger partial charge in [-0.15, -0.1) is 0 Å². The van der Waals surface area contributed by atoms with E-state index in [1.54, 1.807) is 6.07 Å². The topological polar surface area (TPSA) is 46.3 Å². The van der Waals surface area contributed by atoms with Crippen LogP contribution in [0.5, 0.6) is 0 Å². The first-order valence-electron chi connectivity index (χ1n) is 6.36. The molecule has 0 aromatic heterocycles. The SMILES string of the molecule is CCC1CCN(C(=O)c2ccccc2N)CC1. The molecule has 1 aromatic rings. The highest BCUT2D eigenvalue weighted by atomic mass is 16.2. The number of nitrogens with zero attached hydrogens (tertiary/aromatic N) is 1. The van der Waals surface area contributed by atoms with Crippen LogP contribution in [-0.4, -0.2) is 23.9 Å². The monoisotopic (exact) mass is 232 g/mol. The number of carbonyl (C=O) groups excluding carboxylic acids is 1. The van der Waals surface area contributed by atoms with Gasteiger partial charge in [0, 0.05) is 18.8 Å². The fourth-order valence-corrected chi connectivity index (χ4v) is 2.41. The van der Waals surface area contributed by atoms with Crippen molar-refractivity contribution in [2.75, 3.05) is 18.8 Å². The van der Waals surface area contributed by atoms with Gasteiger partial charge in [0.15, 0.2) is 0 Å². The largest absolute Gasteiger partial charge is 0.398 e. The van der Waals surface area contributed by atoms with Crippen molar-refractivity contribution in [1.29, 1.82) is 0 Å². The third-order valence-corrected chi connectivity index (χ3v) is 3.67. The first-order chi connectivity index (χ1) is 8.22. The summed E-state index contributed by atoms with van der Waals surface area (Å²) in [5, 5.41) is 0. The van der Waals surface area contributed by atoms with Gasteiger partial charge >= 0.3 is 0 Å². The molecule has 3 heteroatoms. The molecule has 2 N–H and O–H groups in total. The van der Waals surface area contributed by atoms with E-state index in [4.69, 9.17) is 5.73 Å². The number of benzene rings is 1. The fraction of sp³-hybridized carbons (Fsp3) is 0.500. The summed E-state index contributed by atoms with van der Waals surface area (Å²) in [5.74, 6) is 0.866. The zero-order valence-electron chi connectivity index (χ0n) is 10.4. The highest BCUT2D eigenvalue weighted by molar-refractivity contribution is 5.99. The van der Waals surface area contributed by atoms with Crippen LogP contribution in [0.3, 0.4) is 0 Å². The maximum atomic E-state index is 12.3. The van der Waals surface area contributed by atoms with Crippen LogP contribution in [0.1, 0.15) is 36.5 Å². The van der Waals surface area contributed by atoms with Crippen LogP contribution in [0.4, 0.5) is 5.69 Å². The zero-order chi connectivity index (χ0) is 12.3. The molecule has 0 unspecified atom stereocenters. The Kier molecular flexibility index (Phi) is 3.67. The summed E-state index contributed by atoms with van der Waals surface area (Å²) in [7, 11) is 0. The lowest BCUT2D eigenvalue weighted by Crippen LogP contribution is -2.38. The van der Waals surface area contributed by atoms with Gasteiger partial charge < -0.3 is 10.6 Å². The van der Waals surface area contributed by atoms with Crippen molar-refractivity contribution in [2.45, 2.75) is 26.2 Å². The van der Waals surface area contributed by atoms with Crippen molar-refractivity contribution in [2.24, 2.45) is 5.92 Å². The third-order valence-electron chi connectivity index (χ3n) is 3.67. The van der Waals surface area contributed by atoms with Crippen LogP contribution in [0, 0.1) is 5.92 Å². The molecule has 0 radical (unpaired) electrons. The van der Waals surface area contributed by atoms with Gasteiger partial charge in [0.25, 0.3) is 5.91 Å². The Morgan fingerprint density at radius 1 is 1.35 bits per heavy atom. The van der Waals surface area contributed by atoms with Crippen molar-refractivity contribution < 1.29 is 4.79 Å². The smallest absolute Gasteiger partial charge is 0.255 e. The summed E-state index contributed by atoms with van der Waals surface area (Å²) in [5.41, 5.74) is 7.05. The first-order valence-corrected chi connectivity index (χ1v) is 6.36. The van der Waals surface area contributed by atoms with E-state index in [0.717, 1.165) is 31.8 Å². The molecule has 1 amide bonds. The maximum Gasteiger partial charge on any atom is 0.255 e. The predicted molar refractivity (Wildman–Crippen MR) is 69.8 cm³/mol. The number of amides is 1. The molecule has 0 bridgehead atoms. The fourth-order valence-electron chi connectivity index (χ4n) is 2.41. The third kappa shape index (κ3) is 2.60. The second-order valence-electron chi connectivity index (χ2n) is 4.73. The quantitative estimate of drug-likeness (QED) is 0.796. The van der Waals surface area contributed by atoms with Crippen molar-refractivity contribution in [3.63, 3.8) is 0 Å². The number of rotatable bonds is 2. The summed E-state index contributed by atoms with van der Waals surface area (Å²) >= 11 is 0. The molecule has 2 rings (SSSR count). The second-order valence-corrected chi connectivity index (χ2v) is 4.73. The van der Waals surface area contributed by atoms with Gasteiger partial charge in [0.05, 0.1) is 5.56 Å². The van der Waals surface area contributed by atoms with Crippen molar-refractivity contribution in [3.05, 3.63) is 29.8 Å². The van der Waals surface area contributed by atoms with E-state index >= 15 is 0 Å². The molecule has 0 atom stereocenters. The Morgan fingerprint density at radius 2 is 2.00 bits per heavy atom. The van der Waals surface area contributed by atoms with Crippen LogP contribution in [0.25, 0.3) is 0 Å². The predicted octanol–water partition coefficient (Wildman–Crippen LogP) is 2.53. The molecule has 92 valence electrons. The Labute approximate surface area is 103 Å². The molecule has 3 nitrogen and oxygen atoms in total. The van der Waals surface area contributed by atoms with Crippen LogP contribution in [0.2, 0.25) is 0 Å². The molecule has 1 fully saturated rings. The normalized spacial score (nSPS) is 17.1. The Bertz CT molecular complexity index is 395. The molecule has 17 heavy (non-hydrogen) atoms. The molecule has 0 aliphatic carbocycles.